The van der Waals surface area contributed by atoms with Gasteiger partial charge in [-0.2, -0.15) is 0 Å². The van der Waals surface area contributed by atoms with Gasteiger partial charge >= 0.3 is 7.12 Å². The molecule has 2 aliphatic rings. The molecule has 1 amide bonds. The first-order valence-electron chi connectivity index (χ1n) is 10.2. The van der Waals surface area contributed by atoms with Gasteiger partial charge in [0.1, 0.15) is 17.5 Å². The highest BCUT2D eigenvalue weighted by Gasteiger charge is 2.52. The van der Waals surface area contributed by atoms with E-state index in [2.05, 4.69) is 0 Å². The second-order valence-corrected chi connectivity index (χ2v) is 8.22. The van der Waals surface area contributed by atoms with Gasteiger partial charge in [0.25, 0.3) is 5.91 Å². The first kappa shape index (κ1) is 17.5. The van der Waals surface area contributed by atoms with Gasteiger partial charge in [0.2, 0.25) is 0 Å². The second kappa shape index (κ2) is 6.60. The Morgan fingerprint density at radius 2 is 1.66 bits per heavy atom. The van der Waals surface area contributed by atoms with E-state index < -0.39 is 65.8 Å². The Morgan fingerprint density at radius 1 is 1.07 bits per heavy atom. The highest BCUT2D eigenvalue weighted by Crippen LogP contribution is 2.36. The molecule has 0 unspecified atom stereocenters. The minimum Gasteiger partial charge on any atom is -0.399 e. The Morgan fingerprint density at radius 3 is 2.21 bits per heavy atom. The standard InChI is InChI=1S/C21H21BF3NO3/c1-20(2)21(3,4)29-22(28-20)13-8-16(24)14(17(25)9-13)11-26-10-12-6-5-7-15(23)18(12)19(26)27/h5-9H,10-11H2,1-4H3/i10D2. The summed E-state index contributed by atoms with van der Waals surface area (Å²) in [5.74, 6) is -3.81. The summed E-state index contributed by atoms with van der Waals surface area (Å²) in [4.78, 5) is 13.3. The van der Waals surface area contributed by atoms with E-state index in [1.807, 2.05) is 27.7 Å². The largest absolute Gasteiger partial charge is 0.495 e. The van der Waals surface area contributed by atoms with Crippen molar-refractivity contribution in [2.75, 3.05) is 0 Å². The molecule has 0 spiro atoms. The van der Waals surface area contributed by atoms with Gasteiger partial charge in [-0.25, -0.2) is 13.2 Å². The number of hydrogen-bond donors (Lipinski definition) is 0. The molecule has 0 bridgehead atoms. The number of rotatable bonds is 3. The fourth-order valence-electron chi connectivity index (χ4n) is 3.32. The molecule has 2 aromatic carbocycles. The van der Waals surface area contributed by atoms with Gasteiger partial charge in [-0.1, -0.05) is 12.1 Å². The van der Waals surface area contributed by atoms with Crippen LogP contribution in [0, 0.1) is 17.5 Å². The van der Waals surface area contributed by atoms with Gasteiger partial charge in [-0.15, -0.1) is 0 Å². The maximum absolute atomic E-state index is 14.9. The smallest absolute Gasteiger partial charge is 0.399 e. The zero-order chi connectivity index (χ0) is 22.9. The molecule has 2 heterocycles. The molecule has 4 nitrogen and oxygen atoms in total. The lowest BCUT2D eigenvalue weighted by molar-refractivity contribution is 0.00578. The second-order valence-electron chi connectivity index (χ2n) is 8.22. The Hall–Kier alpha value is -2.32. The fourth-order valence-corrected chi connectivity index (χ4v) is 3.32. The number of nitrogens with zero attached hydrogens (tertiary/aromatic N) is 1. The predicted octanol–water partition coefficient (Wildman–Crippen LogP) is 3.56. The highest BCUT2D eigenvalue weighted by atomic mass is 19.1. The van der Waals surface area contributed by atoms with Crippen LogP contribution in [-0.2, 0) is 22.4 Å². The Bertz CT molecular complexity index is 1050. The first-order chi connectivity index (χ1) is 14.3. The summed E-state index contributed by atoms with van der Waals surface area (Å²) in [5.41, 5.74) is -2.38. The molecule has 152 valence electrons. The summed E-state index contributed by atoms with van der Waals surface area (Å²) < 4.78 is 72.0. The summed E-state index contributed by atoms with van der Waals surface area (Å²) in [7, 11) is -0.985. The molecule has 2 aromatic rings. The van der Waals surface area contributed by atoms with Gasteiger partial charge in [0, 0.05) is 12.1 Å². The molecule has 0 radical (unpaired) electrons. The van der Waals surface area contributed by atoms with E-state index in [9.17, 15) is 18.0 Å². The topological polar surface area (TPSA) is 38.8 Å². The number of halogens is 3. The number of benzene rings is 2. The number of carbonyl (C=O) groups excluding carboxylic acids is 1. The van der Waals surface area contributed by atoms with Crippen LogP contribution in [0.15, 0.2) is 30.3 Å². The Kier molecular flexibility index (Phi) is 3.99. The third-order valence-electron chi connectivity index (χ3n) is 5.73. The van der Waals surface area contributed by atoms with Gasteiger partial charge in [-0.05, 0) is 56.9 Å². The number of amides is 1. The van der Waals surface area contributed by atoms with Crippen molar-refractivity contribution in [3.63, 3.8) is 0 Å². The van der Waals surface area contributed by atoms with Gasteiger partial charge in [-0.3, -0.25) is 4.79 Å². The number of carbonyl (C=O) groups is 1. The zero-order valence-corrected chi connectivity index (χ0v) is 16.5. The molecule has 0 aromatic heterocycles. The summed E-state index contributed by atoms with van der Waals surface area (Å²) >= 11 is 0. The van der Waals surface area contributed by atoms with Crippen LogP contribution in [0.4, 0.5) is 13.2 Å². The van der Waals surface area contributed by atoms with Crippen LogP contribution in [0.25, 0.3) is 0 Å². The van der Waals surface area contributed by atoms with E-state index >= 15 is 0 Å². The van der Waals surface area contributed by atoms with Crippen LogP contribution >= 0.6 is 0 Å². The minimum atomic E-state index is -2.42. The number of hydrogen-bond acceptors (Lipinski definition) is 3. The van der Waals surface area contributed by atoms with Crippen LogP contribution in [0.1, 0.15) is 51.9 Å². The van der Waals surface area contributed by atoms with Crippen molar-refractivity contribution in [1.82, 2.24) is 4.90 Å². The minimum absolute atomic E-state index is 0.127. The van der Waals surface area contributed by atoms with Gasteiger partial charge in [0.15, 0.2) is 0 Å². The molecule has 2 aliphatic heterocycles. The monoisotopic (exact) mass is 405 g/mol. The lowest BCUT2D eigenvalue weighted by atomic mass is 9.78. The van der Waals surface area contributed by atoms with E-state index in [1.165, 1.54) is 12.1 Å². The number of fused-ring (bicyclic) bond motifs is 1. The predicted molar refractivity (Wildman–Crippen MR) is 102 cm³/mol. The quantitative estimate of drug-likeness (QED) is 0.734. The summed E-state index contributed by atoms with van der Waals surface area (Å²) in [5, 5.41) is 0. The molecule has 0 atom stereocenters. The highest BCUT2D eigenvalue weighted by molar-refractivity contribution is 6.62. The van der Waals surface area contributed by atoms with Crippen molar-refractivity contribution in [1.29, 1.82) is 0 Å². The van der Waals surface area contributed by atoms with Gasteiger partial charge in [0.05, 0.1) is 26.1 Å². The summed E-state index contributed by atoms with van der Waals surface area (Å²) in [6, 6.07) is 5.69. The molecule has 0 saturated carbocycles. The lowest BCUT2D eigenvalue weighted by Gasteiger charge is -2.32. The third-order valence-corrected chi connectivity index (χ3v) is 5.73. The normalized spacial score (nSPS) is 22.5. The maximum atomic E-state index is 14.9. The Labute approximate surface area is 170 Å². The van der Waals surface area contributed by atoms with Crippen LogP contribution in [0.5, 0.6) is 0 Å². The van der Waals surface area contributed by atoms with E-state index in [4.69, 9.17) is 12.1 Å². The van der Waals surface area contributed by atoms with E-state index in [0.717, 1.165) is 18.2 Å². The van der Waals surface area contributed by atoms with Crippen molar-refractivity contribution >= 4 is 18.5 Å². The molecule has 0 N–H and O–H groups in total. The van der Waals surface area contributed by atoms with E-state index in [0.29, 0.717) is 4.90 Å². The van der Waals surface area contributed by atoms with Gasteiger partial charge < -0.3 is 14.2 Å². The van der Waals surface area contributed by atoms with Crippen LogP contribution < -0.4 is 5.46 Å². The van der Waals surface area contributed by atoms with E-state index in [1.54, 1.807) is 0 Å². The average Bonchev–Trinajstić information content (AvgIpc) is 2.98. The van der Waals surface area contributed by atoms with E-state index in [-0.39, 0.29) is 11.0 Å². The maximum Gasteiger partial charge on any atom is 0.495 e. The molecule has 8 heteroatoms. The van der Waals surface area contributed by atoms with Crippen LogP contribution in [-0.4, -0.2) is 29.1 Å². The molecule has 1 fully saturated rings. The lowest BCUT2D eigenvalue weighted by Crippen LogP contribution is -2.41. The van der Waals surface area contributed by atoms with Crippen molar-refractivity contribution in [2.24, 2.45) is 0 Å². The van der Waals surface area contributed by atoms with Crippen molar-refractivity contribution in [2.45, 2.75) is 51.9 Å². The molecule has 4 rings (SSSR count). The zero-order valence-electron chi connectivity index (χ0n) is 18.5. The van der Waals surface area contributed by atoms with Crippen molar-refractivity contribution < 1.29 is 30.0 Å². The molecule has 0 aliphatic carbocycles. The van der Waals surface area contributed by atoms with Crippen LogP contribution in [0.2, 0.25) is 0 Å². The first-order valence-corrected chi connectivity index (χ1v) is 9.21. The van der Waals surface area contributed by atoms with Crippen molar-refractivity contribution in [3.8, 4) is 0 Å². The molecule has 1 saturated heterocycles. The molecular formula is C21H21BF3NO3. The Balaban J connectivity index is 1.66. The summed E-state index contributed by atoms with van der Waals surface area (Å²) in [6.45, 7) is 4.12. The van der Waals surface area contributed by atoms with Crippen LogP contribution in [0.3, 0.4) is 0 Å². The molecule has 29 heavy (non-hydrogen) atoms. The fraction of sp³-hybridized carbons (Fsp3) is 0.381. The molecular weight excluding hydrogens is 382 g/mol. The average molecular weight is 405 g/mol. The SMILES string of the molecule is [2H]C1([2H])c2cccc(F)c2C(=O)N1Cc1c(F)cc(B2OC(C)(C)C(C)(C)O2)cc1F. The summed E-state index contributed by atoms with van der Waals surface area (Å²) in [6.07, 6.45) is 0. The van der Waals surface area contributed by atoms with Crippen molar-refractivity contribution in [3.05, 3.63) is 64.5 Å². The third kappa shape index (κ3) is 3.24.